The van der Waals surface area contributed by atoms with Crippen LogP contribution >= 0.6 is 11.6 Å². The zero-order valence-electron chi connectivity index (χ0n) is 17.1. The van der Waals surface area contributed by atoms with Crippen LogP contribution in [0.4, 0.5) is 0 Å². The minimum atomic E-state index is -0.908. The van der Waals surface area contributed by atoms with Gasteiger partial charge in [0, 0.05) is 24.5 Å². The smallest absolute Gasteiger partial charge is 0.262 e. The number of rotatable bonds is 4. The van der Waals surface area contributed by atoms with Crippen LogP contribution in [0.2, 0.25) is 5.15 Å². The van der Waals surface area contributed by atoms with Gasteiger partial charge in [-0.15, -0.1) is 0 Å². The average molecular weight is 439 g/mol. The number of hydrogen-bond acceptors (Lipinski definition) is 5. The third-order valence-corrected chi connectivity index (χ3v) is 6.16. The van der Waals surface area contributed by atoms with E-state index in [-0.39, 0.29) is 12.1 Å². The molecule has 4 aromatic rings. The number of aryl methyl sites for hydroxylation is 1. The highest BCUT2D eigenvalue weighted by molar-refractivity contribution is 6.31. The van der Waals surface area contributed by atoms with Crippen LogP contribution < -0.4 is 10.9 Å². The summed E-state index contributed by atoms with van der Waals surface area (Å²) in [7, 11) is 1.87. The Hall–Kier alpha value is -2.94. The Kier molecular flexibility index (Phi) is 4.92. The van der Waals surface area contributed by atoms with Gasteiger partial charge in [0.1, 0.15) is 11.5 Å². The van der Waals surface area contributed by atoms with Crippen molar-refractivity contribution in [3.8, 4) is 16.8 Å². The van der Waals surface area contributed by atoms with Gasteiger partial charge < -0.3 is 10.4 Å². The van der Waals surface area contributed by atoms with Crippen LogP contribution in [0.1, 0.15) is 12.8 Å². The van der Waals surface area contributed by atoms with E-state index in [2.05, 4.69) is 15.4 Å². The van der Waals surface area contributed by atoms with E-state index in [9.17, 15) is 9.90 Å². The number of nitrogens with zero attached hydrogens (tertiary/aromatic N) is 5. The van der Waals surface area contributed by atoms with Gasteiger partial charge in [0.25, 0.3) is 5.56 Å². The van der Waals surface area contributed by atoms with Crippen molar-refractivity contribution in [1.29, 1.82) is 0 Å². The van der Waals surface area contributed by atoms with E-state index in [0.29, 0.717) is 29.0 Å². The Morgan fingerprint density at radius 1 is 1.23 bits per heavy atom. The number of halogens is 1. The number of piperidine rings is 1. The maximum absolute atomic E-state index is 13.1. The van der Waals surface area contributed by atoms with Gasteiger partial charge in [0.05, 0.1) is 23.7 Å². The van der Waals surface area contributed by atoms with Crippen molar-refractivity contribution in [1.82, 2.24) is 29.2 Å². The first-order chi connectivity index (χ1) is 14.9. The lowest BCUT2D eigenvalue weighted by atomic mass is 9.92. The lowest BCUT2D eigenvalue weighted by molar-refractivity contribution is -0.00627. The van der Waals surface area contributed by atoms with E-state index in [1.165, 1.54) is 10.9 Å². The molecule has 0 atom stereocenters. The topological polar surface area (TPSA) is 89.9 Å². The minimum absolute atomic E-state index is 0.207. The Labute approximate surface area is 183 Å². The number of aromatic nitrogens is 5. The van der Waals surface area contributed by atoms with Crippen molar-refractivity contribution in [3.05, 3.63) is 64.6 Å². The normalized spacial score (nSPS) is 16.1. The van der Waals surface area contributed by atoms with Gasteiger partial charge in [-0.25, -0.2) is 4.98 Å². The molecule has 5 rings (SSSR count). The average Bonchev–Trinajstić information content (AvgIpc) is 3.34. The zero-order valence-corrected chi connectivity index (χ0v) is 17.9. The molecule has 9 heteroatoms. The zero-order chi connectivity index (χ0) is 21.6. The van der Waals surface area contributed by atoms with E-state index in [1.807, 2.05) is 37.5 Å². The fraction of sp³-hybridized carbons (Fsp3) is 0.318. The first-order valence-corrected chi connectivity index (χ1v) is 10.6. The highest BCUT2D eigenvalue weighted by Crippen LogP contribution is 2.28. The van der Waals surface area contributed by atoms with Crippen molar-refractivity contribution in [2.45, 2.75) is 25.0 Å². The maximum Gasteiger partial charge on any atom is 0.262 e. The molecule has 3 aromatic heterocycles. The van der Waals surface area contributed by atoms with E-state index < -0.39 is 5.60 Å². The summed E-state index contributed by atoms with van der Waals surface area (Å²) in [6.07, 6.45) is 6.44. The lowest BCUT2D eigenvalue weighted by Gasteiger charge is -2.32. The van der Waals surface area contributed by atoms with Crippen LogP contribution in [-0.2, 0) is 13.6 Å². The van der Waals surface area contributed by atoms with Crippen molar-refractivity contribution in [2.24, 2.45) is 7.05 Å². The Balaban J connectivity index is 1.56. The Morgan fingerprint density at radius 2 is 2.03 bits per heavy atom. The molecular weight excluding hydrogens is 416 g/mol. The number of aliphatic hydroxyl groups is 1. The largest absolute Gasteiger partial charge is 0.388 e. The first-order valence-electron chi connectivity index (χ1n) is 10.2. The second kappa shape index (κ2) is 7.64. The molecule has 0 amide bonds. The molecule has 1 saturated heterocycles. The molecule has 1 fully saturated rings. The summed E-state index contributed by atoms with van der Waals surface area (Å²) in [5.41, 5.74) is 2.16. The number of benzene rings is 1. The summed E-state index contributed by atoms with van der Waals surface area (Å²) in [6, 6.07) is 9.50. The predicted octanol–water partition coefficient (Wildman–Crippen LogP) is 2.36. The van der Waals surface area contributed by atoms with Crippen LogP contribution in [0.5, 0.6) is 0 Å². The maximum atomic E-state index is 13.1. The summed E-state index contributed by atoms with van der Waals surface area (Å²) in [6.45, 7) is 1.68. The van der Waals surface area contributed by atoms with E-state index in [0.717, 1.165) is 29.9 Å². The monoisotopic (exact) mass is 438 g/mol. The molecule has 1 aromatic carbocycles. The summed E-state index contributed by atoms with van der Waals surface area (Å²) in [4.78, 5) is 17.7. The lowest BCUT2D eigenvalue weighted by Crippen LogP contribution is -2.46. The van der Waals surface area contributed by atoms with Gasteiger partial charge in [-0.05, 0) is 49.7 Å². The summed E-state index contributed by atoms with van der Waals surface area (Å²) >= 11 is 6.55. The molecule has 0 spiro atoms. The van der Waals surface area contributed by atoms with Crippen LogP contribution in [0.15, 0.2) is 53.8 Å². The standard InChI is InChI=1S/C22H23ClN6O2/c1-27-12-16(11-26-27)15-3-2-4-17(9-15)29-19(23)10-18-20(29)25-14-28(21(18)30)13-22(31)5-7-24-8-6-22/h2-4,9-12,14,24,31H,5-8,13H2,1H3. The Bertz CT molecular complexity index is 1320. The van der Waals surface area contributed by atoms with E-state index in [4.69, 9.17) is 11.6 Å². The van der Waals surface area contributed by atoms with Gasteiger partial charge in [0.15, 0.2) is 5.65 Å². The summed E-state index contributed by atoms with van der Waals surface area (Å²) < 4.78 is 5.00. The highest BCUT2D eigenvalue weighted by Gasteiger charge is 2.30. The van der Waals surface area contributed by atoms with Crippen LogP contribution in [0.25, 0.3) is 27.8 Å². The van der Waals surface area contributed by atoms with Crippen LogP contribution in [0.3, 0.4) is 0 Å². The second-order valence-corrected chi connectivity index (χ2v) is 8.53. The first kappa shape index (κ1) is 20.0. The van der Waals surface area contributed by atoms with Gasteiger partial charge in [-0.1, -0.05) is 23.7 Å². The quantitative estimate of drug-likeness (QED) is 0.510. The van der Waals surface area contributed by atoms with Crippen molar-refractivity contribution < 1.29 is 5.11 Å². The Morgan fingerprint density at radius 3 is 2.77 bits per heavy atom. The molecule has 0 bridgehead atoms. The third-order valence-electron chi connectivity index (χ3n) is 5.88. The SMILES string of the molecule is Cn1cc(-c2cccc(-n3c(Cl)cc4c(=O)n(CC5(O)CCNCC5)cnc43)c2)cn1. The number of nitrogens with one attached hydrogen (secondary N) is 1. The van der Waals surface area contributed by atoms with Crippen molar-refractivity contribution in [2.75, 3.05) is 13.1 Å². The molecule has 0 saturated carbocycles. The van der Waals surface area contributed by atoms with Gasteiger partial charge >= 0.3 is 0 Å². The fourth-order valence-corrected chi connectivity index (χ4v) is 4.49. The molecular formula is C22H23ClN6O2. The molecule has 1 aliphatic heterocycles. The molecule has 1 aliphatic rings. The highest BCUT2D eigenvalue weighted by atomic mass is 35.5. The second-order valence-electron chi connectivity index (χ2n) is 8.14. The van der Waals surface area contributed by atoms with Gasteiger partial charge in [-0.2, -0.15) is 5.10 Å². The fourth-order valence-electron chi connectivity index (χ4n) is 4.21. The molecule has 2 N–H and O–H groups in total. The van der Waals surface area contributed by atoms with Crippen molar-refractivity contribution in [3.63, 3.8) is 0 Å². The third kappa shape index (κ3) is 3.67. The minimum Gasteiger partial charge on any atom is -0.388 e. The summed E-state index contributed by atoms with van der Waals surface area (Å²) in [5, 5.41) is 19.1. The molecule has 0 unspecified atom stereocenters. The number of fused-ring (bicyclic) bond motifs is 1. The van der Waals surface area contributed by atoms with Gasteiger partial charge in [0.2, 0.25) is 0 Å². The number of hydrogen-bond donors (Lipinski definition) is 2. The van der Waals surface area contributed by atoms with Gasteiger partial charge in [-0.3, -0.25) is 18.6 Å². The predicted molar refractivity (Wildman–Crippen MR) is 120 cm³/mol. The molecule has 8 nitrogen and oxygen atoms in total. The van der Waals surface area contributed by atoms with E-state index >= 15 is 0 Å². The van der Waals surface area contributed by atoms with E-state index in [1.54, 1.807) is 21.5 Å². The summed E-state index contributed by atoms with van der Waals surface area (Å²) in [5.74, 6) is 0. The van der Waals surface area contributed by atoms with Crippen LogP contribution in [0, 0.1) is 0 Å². The molecule has 0 aliphatic carbocycles. The van der Waals surface area contributed by atoms with Crippen LogP contribution in [-0.4, -0.2) is 47.7 Å². The molecule has 160 valence electrons. The molecule has 4 heterocycles. The van der Waals surface area contributed by atoms with Crippen molar-refractivity contribution >= 4 is 22.6 Å². The molecule has 0 radical (unpaired) electrons. The molecule has 31 heavy (non-hydrogen) atoms.